The number of hydrogen-bond acceptors (Lipinski definition) is 3. The molecule has 0 heterocycles. The summed E-state index contributed by atoms with van der Waals surface area (Å²) in [7, 11) is 0. The predicted molar refractivity (Wildman–Crippen MR) is 195 cm³/mol. The lowest BCUT2D eigenvalue weighted by Gasteiger charge is -2.14. The van der Waals surface area contributed by atoms with Gasteiger partial charge in [-0.3, -0.25) is 9.59 Å². The molecule has 0 aliphatic carbocycles. The molecule has 0 aromatic rings. The van der Waals surface area contributed by atoms with Gasteiger partial charge in [0.2, 0.25) is 0 Å². The average Bonchev–Trinajstić information content (AvgIpc) is 3.02. The fourth-order valence-electron chi connectivity index (χ4n) is 5.97. The molecule has 0 bridgehead atoms. The molecule has 0 saturated heterocycles. The van der Waals surface area contributed by atoms with Crippen LogP contribution in [-0.2, 0) is 14.3 Å². The van der Waals surface area contributed by atoms with Crippen LogP contribution < -0.4 is 0 Å². The first-order valence-corrected chi connectivity index (χ1v) is 19.8. The van der Waals surface area contributed by atoms with Gasteiger partial charge in [0.1, 0.15) is 6.10 Å². The number of carbonyl (C=O) groups is 2. The van der Waals surface area contributed by atoms with Gasteiger partial charge in [0.15, 0.2) is 0 Å². The third-order valence-electron chi connectivity index (χ3n) is 8.89. The predicted octanol–water partition coefficient (Wildman–Crippen LogP) is 13.6. The Balaban J connectivity index is 3.71. The van der Waals surface area contributed by atoms with E-state index in [1.165, 1.54) is 128 Å². The molecular formula is C41H76O4. The Labute approximate surface area is 280 Å². The zero-order valence-electron chi connectivity index (χ0n) is 30.2. The maximum Gasteiger partial charge on any atom is 0.306 e. The summed E-state index contributed by atoms with van der Waals surface area (Å²) in [6.45, 7) is 4.47. The molecule has 1 atom stereocenters. The fourth-order valence-corrected chi connectivity index (χ4v) is 5.97. The highest BCUT2D eigenvalue weighted by Crippen LogP contribution is 2.17. The van der Waals surface area contributed by atoms with Gasteiger partial charge < -0.3 is 9.84 Å². The Bertz CT molecular complexity index is 683. The molecule has 0 fully saturated rings. The van der Waals surface area contributed by atoms with E-state index < -0.39 is 5.97 Å². The minimum Gasteiger partial charge on any atom is -0.481 e. The van der Waals surface area contributed by atoms with E-state index in [4.69, 9.17) is 9.84 Å². The number of carbonyl (C=O) groups excluding carboxylic acids is 1. The summed E-state index contributed by atoms with van der Waals surface area (Å²) in [6.07, 6.45) is 46.7. The van der Waals surface area contributed by atoms with Gasteiger partial charge in [-0.05, 0) is 44.6 Å². The SMILES string of the molecule is CCC/C=C\C/C=C\C(CCCCCCC(=O)O)OC(=O)CCCCCCCCCCCCCCCCCCCCCCCC. The van der Waals surface area contributed by atoms with Gasteiger partial charge in [0.25, 0.3) is 0 Å². The van der Waals surface area contributed by atoms with Crippen LogP contribution in [0, 0.1) is 0 Å². The molecule has 0 aromatic heterocycles. The molecule has 1 unspecified atom stereocenters. The molecule has 0 spiro atoms. The van der Waals surface area contributed by atoms with Crippen LogP contribution in [-0.4, -0.2) is 23.1 Å². The molecule has 0 aliphatic rings. The van der Waals surface area contributed by atoms with Crippen molar-refractivity contribution in [3.05, 3.63) is 24.3 Å². The second kappa shape index (κ2) is 36.9. The number of esters is 1. The van der Waals surface area contributed by atoms with E-state index >= 15 is 0 Å². The number of ether oxygens (including phenoxy) is 1. The van der Waals surface area contributed by atoms with Crippen molar-refractivity contribution in [2.24, 2.45) is 0 Å². The summed E-state index contributed by atoms with van der Waals surface area (Å²) in [5, 5.41) is 8.80. The van der Waals surface area contributed by atoms with E-state index in [2.05, 4.69) is 32.1 Å². The lowest BCUT2D eigenvalue weighted by molar-refractivity contribution is -0.147. The molecule has 0 aromatic carbocycles. The van der Waals surface area contributed by atoms with E-state index in [0.29, 0.717) is 6.42 Å². The summed E-state index contributed by atoms with van der Waals surface area (Å²) >= 11 is 0. The molecule has 45 heavy (non-hydrogen) atoms. The molecule has 4 nitrogen and oxygen atoms in total. The lowest BCUT2D eigenvalue weighted by atomic mass is 10.0. The van der Waals surface area contributed by atoms with Crippen LogP contribution in [0.3, 0.4) is 0 Å². The Morgan fingerprint density at radius 3 is 1.38 bits per heavy atom. The first kappa shape index (κ1) is 43.4. The van der Waals surface area contributed by atoms with E-state index in [0.717, 1.165) is 64.2 Å². The average molecular weight is 633 g/mol. The maximum atomic E-state index is 12.5. The Kier molecular flexibility index (Phi) is 35.6. The van der Waals surface area contributed by atoms with E-state index in [1.807, 2.05) is 6.08 Å². The number of hydrogen-bond donors (Lipinski definition) is 1. The smallest absolute Gasteiger partial charge is 0.306 e. The standard InChI is InChI=1S/C41H76O4/c1-3-5-7-9-11-12-13-14-15-16-17-18-19-20-21-22-23-24-25-26-28-34-38-41(44)45-39(35-31-27-10-8-6-4-2)36-32-29-30-33-37-40(42)43/h8,10,31,35,39H,3-7,9,11-30,32-34,36-38H2,1-2H3,(H,42,43)/b10-8-,35-31-. The van der Waals surface area contributed by atoms with Crippen LogP contribution in [0.2, 0.25) is 0 Å². The van der Waals surface area contributed by atoms with Gasteiger partial charge in [0, 0.05) is 12.8 Å². The van der Waals surface area contributed by atoms with Crippen molar-refractivity contribution in [3.63, 3.8) is 0 Å². The fraction of sp³-hybridized carbons (Fsp3) is 0.854. The third kappa shape index (κ3) is 36.8. The van der Waals surface area contributed by atoms with Crippen LogP contribution in [0.1, 0.15) is 219 Å². The normalized spacial score (nSPS) is 12.4. The zero-order valence-corrected chi connectivity index (χ0v) is 30.2. The largest absolute Gasteiger partial charge is 0.481 e. The third-order valence-corrected chi connectivity index (χ3v) is 8.89. The molecule has 264 valence electrons. The first-order chi connectivity index (χ1) is 22.1. The molecule has 0 rings (SSSR count). The molecule has 4 heteroatoms. The van der Waals surface area contributed by atoms with Crippen molar-refractivity contribution in [2.45, 2.75) is 225 Å². The number of aliphatic carboxylic acids is 1. The van der Waals surface area contributed by atoms with Gasteiger partial charge in [-0.2, -0.15) is 0 Å². The van der Waals surface area contributed by atoms with E-state index in [-0.39, 0.29) is 18.5 Å². The van der Waals surface area contributed by atoms with Crippen molar-refractivity contribution < 1.29 is 19.4 Å². The van der Waals surface area contributed by atoms with Crippen LogP contribution in [0.25, 0.3) is 0 Å². The minimum absolute atomic E-state index is 0.0785. The van der Waals surface area contributed by atoms with Crippen molar-refractivity contribution in [1.82, 2.24) is 0 Å². The minimum atomic E-state index is -0.726. The summed E-state index contributed by atoms with van der Waals surface area (Å²) < 4.78 is 5.83. The number of allylic oxidation sites excluding steroid dienone is 3. The number of carboxylic acids is 1. The second-order valence-electron chi connectivity index (χ2n) is 13.5. The van der Waals surface area contributed by atoms with E-state index in [1.54, 1.807) is 0 Å². The molecular weight excluding hydrogens is 556 g/mol. The topological polar surface area (TPSA) is 63.6 Å². The Hall–Kier alpha value is -1.58. The number of carboxylic acid groups (broad SMARTS) is 1. The van der Waals surface area contributed by atoms with Crippen molar-refractivity contribution >= 4 is 11.9 Å². The highest BCUT2D eigenvalue weighted by molar-refractivity contribution is 5.69. The van der Waals surface area contributed by atoms with E-state index in [9.17, 15) is 9.59 Å². The van der Waals surface area contributed by atoms with Crippen LogP contribution in [0.4, 0.5) is 0 Å². The highest BCUT2D eigenvalue weighted by Gasteiger charge is 2.11. The van der Waals surface area contributed by atoms with Crippen LogP contribution in [0.15, 0.2) is 24.3 Å². The molecule has 0 aliphatic heterocycles. The molecule has 0 radical (unpaired) electrons. The summed E-state index contributed by atoms with van der Waals surface area (Å²) in [5.41, 5.74) is 0. The van der Waals surface area contributed by atoms with Gasteiger partial charge in [-0.25, -0.2) is 0 Å². The molecule has 1 N–H and O–H groups in total. The second-order valence-corrected chi connectivity index (χ2v) is 13.5. The van der Waals surface area contributed by atoms with Crippen molar-refractivity contribution in [1.29, 1.82) is 0 Å². The molecule has 0 saturated carbocycles. The van der Waals surface area contributed by atoms with Crippen molar-refractivity contribution in [3.8, 4) is 0 Å². The van der Waals surface area contributed by atoms with Gasteiger partial charge in [-0.1, -0.05) is 186 Å². The van der Waals surface area contributed by atoms with Crippen molar-refractivity contribution in [2.75, 3.05) is 0 Å². The first-order valence-electron chi connectivity index (χ1n) is 19.8. The quantitative estimate of drug-likeness (QED) is 0.0424. The summed E-state index contributed by atoms with van der Waals surface area (Å²) in [6, 6.07) is 0. The number of rotatable bonds is 36. The van der Waals surface area contributed by atoms with Gasteiger partial charge in [-0.15, -0.1) is 0 Å². The monoisotopic (exact) mass is 633 g/mol. The summed E-state index contributed by atoms with van der Waals surface area (Å²) in [5.74, 6) is -0.804. The Morgan fingerprint density at radius 1 is 0.511 bits per heavy atom. The summed E-state index contributed by atoms with van der Waals surface area (Å²) in [4.78, 5) is 23.2. The van der Waals surface area contributed by atoms with Gasteiger partial charge >= 0.3 is 11.9 Å². The maximum absolute atomic E-state index is 12.5. The number of unbranched alkanes of at least 4 members (excludes halogenated alkanes) is 25. The lowest BCUT2D eigenvalue weighted by Crippen LogP contribution is -2.16. The highest BCUT2D eigenvalue weighted by atomic mass is 16.5. The van der Waals surface area contributed by atoms with Crippen LogP contribution >= 0.6 is 0 Å². The van der Waals surface area contributed by atoms with Crippen LogP contribution in [0.5, 0.6) is 0 Å². The Morgan fingerprint density at radius 2 is 0.933 bits per heavy atom. The zero-order chi connectivity index (χ0) is 32.9. The van der Waals surface area contributed by atoms with Gasteiger partial charge in [0.05, 0.1) is 0 Å². The molecule has 0 amide bonds.